The summed E-state index contributed by atoms with van der Waals surface area (Å²) in [5.74, 6) is -0.360. The van der Waals surface area contributed by atoms with Crippen LogP contribution in [0.5, 0.6) is 0 Å². The molecule has 1 amide bonds. The summed E-state index contributed by atoms with van der Waals surface area (Å²) in [6, 6.07) is 18.9. The minimum absolute atomic E-state index is 0.115. The van der Waals surface area contributed by atoms with Crippen molar-refractivity contribution in [3.63, 3.8) is 0 Å². The smallest absolute Gasteiger partial charge is 0.410 e. The molecule has 206 valence electrons. The van der Waals surface area contributed by atoms with E-state index in [1.165, 1.54) is 12.7 Å². The van der Waals surface area contributed by atoms with E-state index in [1.54, 1.807) is 35.2 Å². The fourth-order valence-corrected chi connectivity index (χ4v) is 5.20. The average Bonchev–Trinajstić information content (AvgIpc) is 2.89. The molecule has 0 saturated heterocycles. The topological polar surface area (TPSA) is 76.1 Å². The highest BCUT2D eigenvalue weighted by Gasteiger charge is 2.33. The molecule has 3 aromatic rings. The number of aryl methyl sites for hydroxylation is 2. The van der Waals surface area contributed by atoms with Crippen LogP contribution in [0.3, 0.4) is 0 Å². The maximum absolute atomic E-state index is 13.4. The summed E-state index contributed by atoms with van der Waals surface area (Å²) < 4.78 is 10.6. The summed E-state index contributed by atoms with van der Waals surface area (Å²) in [5.41, 5.74) is 6.03. The fourth-order valence-electron chi connectivity index (χ4n) is 5.07. The summed E-state index contributed by atoms with van der Waals surface area (Å²) in [6.07, 6.45) is 0.922. The number of benzene rings is 3. The first-order chi connectivity index (χ1) is 18.4. The van der Waals surface area contributed by atoms with Crippen LogP contribution in [0.1, 0.15) is 65.9 Å². The highest BCUT2D eigenvalue weighted by Crippen LogP contribution is 2.32. The molecule has 0 bridgehead atoms. The van der Waals surface area contributed by atoms with Crippen molar-refractivity contribution < 1.29 is 24.2 Å². The molecule has 0 radical (unpaired) electrons. The number of amides is 1. The number of ether oxygens (including phenoxy) is 2. The van der Waals surface area contributed by atoms with Gasteiger partial charge in [-0.25, -0.2) is 9.59 Å². The van der Waals surface area contributed by atoms with Crippen LogP contribution in [0, 0.1) is 6.92 Å². The Morgan fingerprint density at radius 3 is 2.41 bits per heavy atom. The van der Waals surface area contributed by atoms with E-state index in [4.69, 9.17) is 21.1 Å². The zero-order valence-electron chi connectivity index (χ0n) is 23.2. The number of rotatable bonds is 6. The van der Waals surface area contributed by atoms with Gasteiger partial charge in [-0.15, -0.1) is 0 Å². The van der Waals surface area contributed by atoms with Crippen LogP contribution in [-0.2, 0) is 22.3 Å². The third kappa shape index (κ3) is 7.00. The van der Waals surface area contributed by atoms with Gasteiger partial charge in [-0.1, -0.05) is 48.0 Å². The molecule has 6 nitrogen and oxygen atoms in total. The number of methoxy groups -OCH3 is 1. The van der Waals surface area contributed by atoms with Crippen molar-refractivity contribution in [1.82, 2.24) is 4.90 Å². The normalized spacial score (nSPS) is 15.7. The van der Waals surface area contributed by atoms with Crippen LogP contribution in [0.25, 0.3) is 11.1 Å². The molecule has 0 fully saturated rings. The Labute approximate surface area is 235 Å². The monoisotopic (exact) mass is 549 g/mol. The predicted molar refractivity (Wildman–Crippen MR) is 153 cm³/mol. The van der Waals surface area contributed by atoms with Crippen LogP contribution in [-0.4, -0.2) is 47.4 Å². The van der Waals surface area contributed by atoms with Gasteiger partial charge in [-0.3, -0.25) is 0 Å². The molecule has 0 unspecified atom stereocenters. The molecule has 4 rings (SSSR count). The molecule has 1 N–H and O–H groups in total. The first-order valence-electron chi connectivity index (χ1n) is 13.2. The molecule has 0 aliphatic heterocycles. The molecule has 0 spiro atoms. The average molecular weight is 550 g/mol. The number of nitrogens with zero attached hydrogens (tertiary/aromatic N) is 1. The molecule has 39 heavy (non-hydrogen) atoms. The highest BCUT2D eigenvalue weighted by molar-refractivity contribution is 6.30. The number of hydrogen-bond donors (Lipinski definition) is 1. The number of esters is 1. The van der Waals surface area contributed by atoms with E-state index in [9.17, 15) is 14.7 Å². The standard InChI is InChI=1S/C32H36ClNO5/c1-20-16-24(30(36)38-5)11-15-28(20)23-7-6-21-10-14-27(18-25(21)17-23)34(31(37)39-32(2,3)4)19-29(35)22-8-12-26(33)13-9-22/h6-9,11-13,15-17,27,29,35H,10,14,18-19H2,1-5H3/t27-,29+/m0/s1. The molecule has 0 saturated carbocycles. The van der Waals surface area contributed by atoms with Gasteiger partial charge in [-0.05, 0) is 105 Å². The number of halogens is 1. The number of aliphatic hydroxyl groups is 1. The third-order valence-corrected chi connectivity index (χ3v) is 7.31. The van der Waals surface area contributed by atoms with E-state index in [0.717, 1.165) is 35.1 Å². The quantitative estimate of drug-likeness (QED) is 0.337. The van der Waals surface area contributed by atoms with Crippen molar-refractivity contribution in [3.05, 3.63) is 93.5 Å². The molecular weight excluding hydrogens is 514 g/mol. The maximum atomic E-state index is 13.4. The fraction of sp³-hybridized carbons (Fsp3) is 0.375. The number of hydrogen-bond acceptors (Lipinski definition) is 5. The summed E-state index contributed by atoms with van der Waals surface area (Å²) in [5, 5.41) is 11.6. The summed E-state index contributed by atoms with van der Waals surface area (Å²) >= 11 is 6.02. The Hall–Kier alpha value is -3.35. The third-order valence-electron chi connectivity index (χ3n) is 7.06. The minimum atomic E-state index is -0.876. The minimum Gasteiger partial charge on any atom is -0.465 e. The second-order valence-electron chi connectivity index (χ2n) is 11.1. The molecule has 0 aromatic heterocycles. The van der Waals surface area contributed by atoms with E-state index in [0.29, 0.717) is 22.6 Å². The molecule has 2 atom stereocenters. The predicted octanol–water partition coefficient (Wildman–Crippen LogP) is 6.93. The van der Waals surface area contributed by atoms with Crippen LogP contribution in [0.15, 0.2) is 60.7 Å². The zero-order chi connectivity index (χ0) is 28.3. The van der Waals surface area contributed by atoms with E-state index in [2.05, 4.69) is 18.2 Å². The van der Waals surface area contributed by atoms with Gasteiger partial charge in [0.25, 0.3) is 0 Å². The van der Waals surface area contributed by atoms with E-state index in [1.807, 2.05) is 39.8 Å². The largest absolute Gasteiger partial charge is 0.465 e. The molecular formula is C32H36ClNO5. The van der Waals surface area contributed by atoms with Crippen molar-refractivity contribution in [2.24, 2.45) is 0 Å². The van der Waals surface area contributed by atoms with Crippen LogP contribution < -0.4 is 0 Å². The first-order valence-corrected chi connectivity index (χ1v) is 13.6. The number of carbonyl (C=O) groups excluding carboxylic acids is 2. The van der Waals surface area contributed by atoms with Crippen LogP contribution in [0.4, 0.5) is 4.79 Å². The highest BCUT2D eigenvalue weighted by atomic mass is 35.5. The van der Waals surface area contributed by atoms with Crippen molar-refractivity contribution in [1.29, 1.82) is 0 Å². The van der Waals surface area contributed by atoms with Crippen LogP contribution >= 0.6 is 11.6 Å². The SMILES string of the molecule is COC(=O)c1ccc(-c2ccc3c(c2)C[C@@H](N(C[C@@H](O)c2ccc(Cl)cc2)C(=O)OC(C)(C)C)CC3)c(C)c1. The van der Waals surface area contributed by atoms with Gasteiger partial charge < -0.3 is 19.5 Å². The van der Waals surface area contributed by atoms with Crippen molar-refractivity contribution in [2.75, 3.05) is 13.7 Å². The van der Waals surface area contributed by atoms with Gasteiger partial charge in [0.2, 0.25) is 0 Å². The second-order valence-corrected chi connectivity index (χ2v) is 11.5. The first kappa shape index (κ1) is 28.7. The maximum Gasteiger partial charge on any atom is 0.410 e. The van der Waals surface area contributed by atoms with Crippen molar-refractivity contribution in [2.45, 2.75) is 64.7 Å². The van der Waals surface area contributed by atoms with Crippen molar-refractivity contribution in [3.8, 4) is 11.1 Å². The Balaban J connectivity index is 1.60. The lowest BCUT2D eigenvalue weighted by Crippen LogP contribution is -2.47. The van der Waals surface area contributed by atoms with E-state index >= 15 is 0 Å². The second kappa shape index (κ2) is 11.8. The lowest BCUT2D eigenvalue weighted by molar-refractivity contribution is 0.00195. The van der Waals surface area contributed by atoms with Gasteiger partial charge in [0.05, 0.1) is 25.3 Å². The number of fused-ring (bicyclic) bond motifs is 1. The lowest BCUT2D eigenvalue weighted by atomic mass is 9.85. The van der Waals surface area contributed by atoms with Crippen LogP contribution in [0.2, 0.25) is 5.02 Å². The molecule has 1 aliphatic carbocycles. The van der Waals surface area contributed by atoms with E-state index < -0.39 is 17.8 Å². The molecule has 7 heteroatoms. The lowest BCUT2D eigenvalue weighted by Gasteiger charge is -2.37. The van der Waals surface area contributed by atoms with Gasteiger partial charge in [0.15, 0.2) is 0 Å². The summed E-state index contributed by atoms with van der Waals surface area (Å²) in [4.78, 5) is 27.0. The number of aliphatic hydroxyl groups excluding tert-OH is 1. The summed E-state index contributed by atoms with van der Waals surface area (Å²) in [7, 11) is 1.38. The zero-order valence-corrected chi connectivity index (χ0v) is 23.9. The molecule has 1 aliphatic rings. The number of carbonyl (C=O) groups is 2. The van der Waals surface area contributed by atoms with Gasteiger partial charge in [-0.2, -0.15) is 0 Å². The van der Waals surface area contributed by atoms with Gasteiger partial charge in [0.1, 0.15) is 5.60 Å². The van der Waals surface area contributed by atoms with Gasteiger partial charge in [0, 0.05) is 11.1 Å². The Morgan fingerprint density at radius 2 is 1.77 bits per heavy atom. The molecule has 3 aromatic carbocycles. The Kier molecular flexibility index (Phi) is 8.67. The molecule has 0 heterocycles. The Morgan fingerprint density at radius 1 is 1.05 bits per heavy atom. The van der Waals surface area contributed by atoms with Crippen molar-refractivity contribution >= 4 is 23.7 Å². The summed E-state index contributed by atoms with van der Waals surface area (Å²) in [6.45, 7) is 7.62. The van der Waals surface area contributed by atoms with Gasteiger partial charge >= 0.3 is 12.1 Å². The Bertz CT molecular complexity index is 1350. The van der Waals surface area contributed by atoms with E-state index in [-0.39, 0.29) is 18.6 Å².